The second-order valence-corrected chi connectivity index (χ2v) is 6.48. The largest absolute Gasteiger partial charge is 0.398 e. The molecule has 0 saturated heterocycles. The quantitative estimate of drug-likeness (QED) is 0.793. The van der Waals surface area contributed by atoms with Crippen LogP contribution < -0.4 is 10.5 Å². The molecule has 0 heterocycles. The minimum atomic E-state index is -3.63. The molecule has 0 unspecified atom stereocenters. The Morgan fingerprint density at radius 3 is 2.47 bits per heavy atom. The fourth-order valence-electron chi connectivity index (χ4n) is 1.80. The maximum Gasteiger partial charge on any atom is 0.241 e. The number of aryl methyl sites for hydroxylation is 1. The molecule has 6 heteroatoms. The van der Waals surface area contributed by atoms with E-state index in [0.29, 0.717) is 17.7 Å². The second-order valence-electron chi connectivity index (χ2n) is 4.21. The van der Waals surface area contributed by atoms with E-state index in [1.165, 1.54) is 0 Å². The van der Waals surface area contributed by atoms with Gasteiger partial charge in [-0.15, -0.1) is 0 Å². The van der Waals surface area contributed by atoms with Crippen molar-refractivity contribution >= 4 is 27.3 Å². The van der Waals surface area contributed by atoms with Crippen LogP contribution in [0.4, 0.5) is 5.69 Å². The van der Waals surface area contributed by atoms with Crippen LogP contribution in [0, 0.1) is 0 Å². The van der Waals surface area contributed by atoms with Crippen molar-refractivity contribution in [2.45, 2.75) is 31.6 Å². The average Bonchev–Trinajstić information content (AvgIpc) is 2.35. The van der Waals surface area contributed by atoms with Gasteiger partial charge in [0, 0.05) is 17.3 Å². The van der Waals surface area contributed by atoms with Crippen LogP contribution in [-0.4, -0.2) is 15.0 Å². The van der Waals surface area contributed by atoms with E-state index >= 15 is 0 Å². The predicted octanol–water partition coefficient (Wildman–Crippen LogP) is 2.42. The Kier molecular flexibility index (Phi) is 5.40. The highest BCUT2D eigenvalue weighted by Gasteiger charge is 2.20. The molecule has 0 radical (unpaired) electrons. The van der Waals surface area contributed by atoms with E-state index in [0.717, 1.165) is 12.0 Å². The highest BCUT2D eigenvalue weighted by Crippen LogP contribution is 2.25. The van der Waals surface area contributed by atoms with Crippen LogP contribution in [0.1, 0.15) is 25.0 Å². The summed E-state index contributed by atoms with van der Waals surface area (Å²) in [6.45, 7) is 7.28. The summed E-state index contributed by atoms with van der Waals surface area (Å²) in [4.78, 5) is 0.227. The van der Waals surface area contributed by atoms with Gasteiger partial charge in [-0.05, 0) is 36.1 Å². The smallest absolute Gasteiger partial charge is 0.241 e. The van der Waals surface area contributed by atoms with Crippen LogP contribution in [0.5, 0.6) is 0 Å². The summed E-state index contributed by atoms with van der Waals surface area (Å²) in [6.07, 6.45) is 1.27. The molecule has 0 aromatic heterocycles. The maximum atomic E-state index is 12.3. The zero-order chi connectivity index (χ0) is 14.6. The SMILES string of the molecule is C=C(Cl)CNS(=O)(=O)c1cc(CC)cc(N)c1CC. The number of hydrogen-bond donors (Lipinski definition) is 2. The molecule has 0 saturated carbocycles. The first-order valence-electron chi connectivity index (χ1n) is 6.06. The lowest BCUT2D eigenvalue weighted by atomic mass is 10.1. The molecule has 106 valence electrons. The van der Waals surface area contributed by atoms with Crippen LogP contribution in [0.25, 0.3) is 0 Å². The molecule has 1 aromatic carbocycles. The summed E-state index contributed by atoms with van der Waals surface area (Å²) in [5, 5.41) is 0.237. The molecule has 1 aromatic rings. The Labute approximate surface area is 119 Å². The fourth-order valence-corrected chi connectivity index (χ4v) is 3.36. The van der Waals surface area contributed by atoms with Gasteiger partial charge in [0.15, 0.2) is 0 Å². The molecule has 19 heavy (non-hydrogen) atoms. The normalized spacial score (nSPS) is 11.5. The van der Waals surface area contributed by atoms with E-state index in [-0.39, 0.29) is 16.5 Å². The van der Waals surface area contributed by atoms with Crippen molar-refractivity contribution in [3.05, 3.63) is 34.9 Å². The van der Waals surface area contributed by atoms with Crippen molar-refractivity contribution in [2.75, 3.05) is 12.3 Å². The third-order valence-electron chi connectivity index (χ3n) is 2.81. The van der Waals surface area contributed by atoms with Gasteiger partial charge in [0.2, 0.25) is 10.0 Å². The predicted molar refractivity (Wildman–Crippen MR) is 79.8 cm³/mol. The third-order valence-corrected chi connectivity index (χ3v) is 4.41. The molecular weight excluding hydrogens is 284 g/mol. The first kappa shape index (κ1) is 16.0. The zero-order valence-electron chi connectivity index (χ0n) is 11.2. The summed E-state index contributed by atoms with van der Waals surface area (Å²) in [6, 6.07) is 3.48. The number of nitrogens with one attached hydrogen (secondary N) is 1. The number of halogens is 1. The first-order chi connectivity index (χ1) is 8.81. The fraction of sp³-hybridized carbons (Fsp3) is 0.385. The summed E-state index contributed by atoms with van der Waals surface area (Å²) < 4.78 is 27.0. The molecule has 1 rings (SSSR count). The third kappa shape index (κ3) is 3.96. The molecule has 0 atom stereocenters. The zero-order valence-corrected chi connectivity index (χ0v) is 12.7. The van der Waals surface area contributed by atoms with Crippen LogP contribution in [0.15, 0.2) is 28.6 Å². The second kappa shape index (κ2) is 6.41. The van der Waals surface area contributed by atoms with Gasteiger partial charge in [-0.1, -0.05) is 32.0 Å². The Balaban J connectivity index is 3.31. The lowest BCUT2D eigenvalue weighted by molar-refractivity contribution is 0.584. The van der Waals surface area contributed by atoms with Gasteiger partial charge in [-0.2, -0.15) is 0 Å². The van der Waals surface area contributed by atoms with E-state index in [2.05, 4.69) is 11.3 Å². The van der Waals surface area contributed by atoms with Gasteiger partial charge in [0.25, 0.3) is 0 Å². The summed E-state index contributed by atoms with van der Waals surface area (Å²) >= 11 is 5.59. The molecule has 4 nitrogen and oxygen atoms in total. The highest BCUT2D eigenvalue weighted by atomic mass is 35.5. The molecule has 0 aliphatic rings. The number of rotatable bonds is 6. The van der Waals surface area contributed by atoms with E-state index in [1.807, 2.05) is 19.9 Å². The number of nitrogen functional groups attached to an aromatic ring is 1. The Morgan fingerprint density at radius 1 is 1.37 bits per heavy atom. The van der Waals surface area contributed by atoms with E-state index in [9.17, 15) is 8.42 Å². The summed E-state index contributed by atoms with van der Waals surface area (Å²) in [5.74, 6) is 0. The molecule has 0 amide bonds. The average molecular weight is 303 g/mol. The molecule has 0 fully saturated rings. The van der Waals surface area contributed by atoms with Crippen LogP contribution in [-0.2, 0) is 22.9 Å². The lowest BCUT2D eigenvalue weighted by Gasteiger charge is -2.14. The first-order valence-corrected chi connectivity index (χ1v) is 7.92. The number of hydrogen-bond acceptors (Lipinski definition) is 3. The Morgan fingerprint density at radius 2 is 2.00 bits per heavy atom. The van der Waals surface area contributed by atoms with E-state index < -0.39 is 10.0 Å². The van der Waals surface area contributed by atoms with Crippen molar-refractivity contribution in [3.8, 4) is 0 Å². The maximum absolute atomic E-state index is 12.3. The van der Waals surface area contributed by atoms with Crippen molar-refractivity contribution in [3.63, 3.8) is 0 Å². The van der Waals surface area contributed by atoms with Crippen LogP contribution >= 0.6 is 11.6 Å². The van der Waals surface area contributed by atoms with Gasteiger partial charge in [-0.25, -0.2) is 13.1 Å². The number of nitrogens with two attached hydrogens (primary N) is 1. The van der Waals surface area contributed by atoms with Gasteiger partial charge < -0.3 is 5.73 Å². The van der Waals surface area contributed by atoms with Crippen LogP contribution in [0.2, 0.25) is 0 Å². The Bertz CT molecular complexity index is 583. The standard InChI is InChI=1S/C13H19ClN2O2S/c1-4-10-6-12(15)11(5-2)13(7-10)19(17,18)16-8-9(3)14/h6-7,16H,3-5,8,15H2,1-2H3. The van der Waals surface area contributed by atoms with E-state index in [4.69, 9.17) is 17.3 Å². The van der Waals surface area contributed by atoms with Gasteiger partial charge >= 0.3 is 0 Å². The van der Waals surface area contributed by atoms with Crippen molar-refractivity contribution in [1.29, 1.82) is 0 Å². The van der Waals surface area contributed by atoms with E-state index in [1.54, 1.807) is 6.07 Å². The van der Waals surface area contributed by atoms with Crippen molar-refractivity contribution in [1.82, 2.24) is 4.72 Å². The van der Waals surface area contributed by atoms with Gasteiger partial charge in [0.1, 0.15) is 0 Å². The molecule has 0 spiro atoms. The minimum absolute atomic E-state index is 0.00327. The topological polar surface area (TPSA) is 72.2 Å². The van der Waals surface area contributed by atoms with Gasteiger partial charge in [-0.3, -0.25) is 0 Å². The number of sulfonamides is 1. The number of benzene rings is 1. The summed E-state index contributed by atoms with van der Waals surface area (Å²) in [5.41, 5.74) is 7.95. The van der Waals surface area contributed by atoms with Crippen molar-refractivity contribution < 1.29 is 8.42 Å². The van der Waals surface area contributed by atoms with Gasteiger partial charge in [0.05, 0.1) is 4.90 Å². The molecule has 0 aliphatic heterocycles. The lowest BCUT2D eigenvalue weighted by Crippen LogP contribution is -2.26. The number of anilines is 1. The minimum Gasteiger partial charge on any atom is -0.398 e. The highest BCUT2D eigenvalue weighted by molar-refractivity contribution is 7.89. The molecule has 0 bridgehead atoms. The molecule has 0 aliphatic carbocycles. The molecule has 3 N–H and O–H groups in total. The summed E-state index contributed by atoms with van der Waals surface area (Å²) in [7, 11) is -3.63. The molecular formula is C13H19ClN2O2S. The van der Waals surface area contributed by atoms with Crippen molar-refractivity contribution in [2.24, 2.45) is 0 Å². The monoisotopic (exact) mass is 302 g/mol. The van der Waals surface area contributed by atoms with Crippen LogP contribution in [0.3, 0.4) is 0 Å². The Hall–Kier alpha value is -1.04.